The standard InChI is InChI=1S/C21H26ClN3O.HI/c1-2-16-6-5-7-17(14-16)25-20(23)24-15-21(10-12-26-13-11-21)18-8-3-4-9-19(18)22;/h3-9,14H,2,10-13,15H2,1H3,(H3,23,24,25);1H. The Morgan fingerprint density at radius 1 is 1.19 bits per heavy atom. The summed E-state index contributed by atoms with van der Waals surface area (Å²) in [6, 6.07) is 16.2. The minimum atomic E-state index is -0.131. The Morgan fingerprint density at radius 3 is 2.63 bits per heavy atom. The first-order chi connectivity index (χ1) is 12.6. The van der Waals surface area contributed by atoms with Crippen LogP contribution in [0.3, 0.4) is 0 Å². The number of anilines is 1. The van der Waals surface area contributed by atoms with E-state index in [0.717, 1.165) is 35.5 Å². The van der Waals surface area contributed by atoms with Gasteiger partial charge in [-0.15, -0.1) is 24.0 Å². The van der Waals surface area contributed by atoms with Crippen molar-refractivity contribution in [2.75, 3.05) is 25.1 Å². The zero-order valence-corrected chi connectivity index (χ0v) is 18.7. The van der Waals surface area contributed by atoms with Crippen molar-refractivity contribution >= 4 is 47.2 Å². The van der Waals surface area contributed by atoms with Crippen LogP contribution >= 0.6 is 35.6 Å². The molecule has 0 aliphatic carbocycles. The van der Waals surface area contributed by atoms with E-state index >= 15 is 0 Å². The van der Waals surface area contributed by atoms with Gasteiger partial charge in [0.15, 0.2) is 5.96 Å². The summed E-state index contributed by atoms with van der Waals surface area (Å²) in [6.07, 6.45) is 2.76. The third-order valence-electron chi connectivity index (χ3n) is 5.05. The summed E-state index contributed by atoms with van der Waals surface area (Å²) in [6.45, 7) is 4.15. The number of guanidine groups is 1. The highest BCUT2D eigenvalue weighted by Crippen LogP contribution is 2.38. The van der Waals surface area contributed by atoms with E-state index in [1.807, 2.05) is 30.3 Å². The molecular weight excluding hydrogens is 473 g/mol. The molecule has 0 bridgehead atoms. The number of aliphatic imine (C=N–C) groups is 1. The van der Waals surface area contributed by atoms with Gasteiger partial charge in [0.2, 0.25) is 0 Å². The average molecular weight is 500 g/mol. The third kappa shape index (κ3) is 5.59. The molecule has 0 unspecified atom stereocenters. The number of rotatable bonds is 5. The molecule has 1 saturated heterocycles. The van der Waals surface area contributed by atoms with Crippen LogP contribution in [-0.2, 0) is 16.6 Å². The van der Waals surface area contributed by atoms with E-state index in [4.69, 9.17) is 22.1 Å². The molecule has 0 atom stereocenters. The van der Waals surface area contributed by atoms with Crippen molar-refractivity contribution in [3.63, 3.8) is 0 Å². The van der Waals surface area contributed by atoms with Gasteiger partial charge in [0.1, 0.15) is 0 Å². The molecule has 0 aromatic heterocycles. The molecule has 1 heterocycles. The summed E-state index contributed by atoms with van der Waals surface area (Å²) in [5.41, 5.74) is 9.39. The second-order valence-electron chi connectivity index (χ2n) is 6.75. The molecule has 27 heavy (non-hydrogen) atoms. The van der Waals surface area contributed by atoms with Gasteiger partial charge in [-0.25, -0.2) is 0 Å². The van der Waals surface area contributed by atoms with Crippen molar-refractivity contribution in [1.82, 2.24) is 0 Å². The first-order valence-electron chi connectivity index (χ1n) is 9.11. The lowest BCUT2D eigenvalue weighted by Crippen LogP contribution is -2.38. The molecule has 4 nitrogen and oxygen atoms in total. The Labute approximate surface area is 183 Å². The lowest BCUT2D eigenvalue weighted by atomic mass is 9.74. The maximum absolute atomic E-state index is 6.49. The van der Waals surface area contributed by atoms with Gasteiger partial charge in [0, 0.05) is 29.3 Å². The number of hydrogen-bond acceptors (Lipinski definition) is 2. The fraction of sp³-hybridized carbons (Fsp3) is 0.381. The largest absolute Gasteiger partial charge is 0.381 e. The van der Waals surface area contributed by atoms with Gasteiger partial charge in [-0.05, 0) is 48.6 Å². The second-order valence-corrected chi connectivity index (χ2v) is 7.16. The van der Waals surface area contributed by atoms with Gasteiger partial charge in [0.05, 0.1) is 6.54 Å². The Hall–Kier alpha value is -1.31. The van der Waals surface area contributed by atoms with Gasteiger partial charge < -0.3 is 15.8 Å². The van der Waals surface area contributed by atoms with Gasteiger partial charge in [-0.1, -0.05) is 48.9 Å². The Bertz CT molecular complexity index is 776. The number of aryl methyl sites for hydroxylation is 1. The molecular formula is C21H27ClIN3O. The van der Waals surface area contributed by atoms with E-state index in [-0.39, 0.29) is 29.4 Å². The van der Waals surface area contributed by atoms with Crippen molar-refractivity contribution in [2.24, 2.45) is 10.7 Å². The van der Waals surface area contributed by atoms with Crippen LogP contribution in [0.5, 0.6) is 0 Å². The van der Waals surface area contributed by atoms with E-state index < -0.39 is 0 Å². The number of benzene rings is 2. The number of hydrogen-bond donors (Lipinski definition) is 2. The summed E-state index contributed by atoms with van der Waals surface area (Å²) in [7, 11) is 0. The Balaban J connectivity index is 0.00000261. The molecule has 1 fully saturated rings. The van der Waals surface area contributed by atoms with E-state index in [9.17, 15) is 0 Å². The second kappa shape index (κ2) is 10.3. The van der Waals surface area contributed by atoms with Gasteiger partial charge in [-0.2, -0.15) is 0 Å². The molecule has 0 spiro atoms. The Morgan fingerprint density at radius 2 is 1.93 bits per heavy atom. The number of nitrogens with one attached hydrogen (secondary N) is 1. The van der Waals surface area contributed by atoms with Crippen LogP contribution in [0, 0.1) is 0 Å². The van der Waals surface area contributed by atoms with Crippen molar-refractivity contribution < 1.29 is 4.74 Å². The summed E-state index contributed by atoms with van der Waals surface area (Å²) in [4.78, 5) is 4.66. The van der Waals surface area contributed by atoms with Gasteiger partial charge >= 0.3 is 0 Å². The number of ether oxygens (including phenoxy) is 1. The average Bonchev–Trinajstić information content (AvgIpc) is 2.67. The molecule has 0 amide bonds. The van der Waals surface area contributed by atoms with Crippen molar-refractivity contribution in [3.05, 3.63) is 64.7 Å². The minimum absolute atomic E-state index is 0. The molecule has 1 aliphatic rings. The van der Waals surface area contributed by atoms with Crippen LogP contribution in [0.2, 0.25) is 5.02 Å². The fourth-order valence-corrected chi connectivity index (χ4v) is 3.80. The van der Waals surface area contributed by atoms with E-state index in [1.54, 1.807) is 0 Å². The summed E-state index contributed by atoms with van der Waals surface area (Å²) in [5.74, 6) is 0.427. The molecule has 2 aromatic rings. The monoisotopic (exact) mass is 499 g/mol. The quantitative estimate of drug-likeness (QED) is 0.346. The molecule has 0 saturated carbocycles. The highest BCUT2D eigenvalue weighted by molar-refractivity contribution is 14.0. The summed E-state index contributed by atoms with van der Waals surface area (Å²) in [5, 5.41) is 3.99. The molecule has 1 aliphatic heterocycles. The Kier molecular flexibility index (Phi) is 8.38. The maximum Gasteiger partial charge on any atom is 0.193 e. The predicted octanol–water partition coefficient (Wildman–Crippen LogP) is 5.00. The summed E-state index contributed by atoms with van der Waals surface area (Å²) < 4.78 is 5.58. The fourth-order valence-electron chi connectivity index (χ4n) is 3.46. The van der Waals surface area contributed by atoms with Crippen LogP contribution in [0.4, 0.5) is 5.69 Å². The zero-order chi connectivity index (χ0) is 18.4. The topological polar surface area (TPSA) is 59.6 Å². The number of nitrogens with two attached hydrogens (primary N) is 1. The molecule has 146 valence electrons. The summed E-state index contributed by atoms with van der Waals surface area (Å²) >= 11 is 6.49. The van der Waals surface area contributed by atoms with Gasteiger partial charge in [0.25, 0.3) is 0 Å². The lowest BCUT2D eigenvalue weighted by molar-refractivity contribution is 0.0532. The molecule has 3 rings (SSSR count). The van der Waals surface area contributed by atoms with E-state index in [2.05, 4.69) is 35.4 Å². The zero-order valence-electron chi connectivity index (χ0n) is 15.6. The van der Waals surface area contributed by atoms with Crippen LogP contribution in [0.25, 0.3) is 0 Å². The maximum atomic E-state index is 6.49. The van der Waals surface area contributed by atoms with Crippen LogP contribution in [0.1, 0.15) is 30.9 Å². The molecule has 2 aromatic carbocycles. The molecule has 3 N–H and O–H groups in total. The van der Waals surface area contributed by atoms with Crippen molar-refractivity contribution in [3.8, 4) is 0 Å². The van der Waals surface area contributed by atoms with Crippen molar-refractivity contribution in [2.45, 2.75) is 31.6 Å². The third-order valence-corrected chi connectivity index (χ3v) is 5.38. The molecule has 0 radical (unpaired) electrons. The molecule has 6 heteroatoms. The number of halogens is 2. The number of nitrogens with zero attached hydrogens (tertiary/aromatic N) is 1. The predicted molar refractivity (Wildman–Crippen MR) is 125 cm³/mol. The van der Waals surface area contributed by atoms with Crippen LogP contribution in [-0.4, -0.2) is 25.7 Å². The smallest absolute Gasteiger partial charge is 0.193 e. The first kappa shape index (κ1) is 22.0. The lowest BCUT2D eigenvalue weighted by Gasteiger charge is -2.37. The highest BCUT2D eigenvalue weighted by atomic mass is 127. The SMILES string of the molecule is CCc1cccc(NC(N)=NCC2(c3ccccc3Cl)CCOCC2)c1.I. The van der Waals surface area contributed by atoms with E-state index in [0.29, 0.717) is 25.7 Å². The van der Waals surface area contributed by atoms with Gasteiger partial charge in [-0.3, -0.25) is 4.99 Å². The van der Waals surface area contributed by atoms with Crippen LogP contribution < -0.4 is 11.1 Å². The van der Waals surface area contributed by atoms with E-state index in [1.165, 1.54) is 5.56 Å². The highest BCUT2D eigenvalue weighted by Gasteiger charge is 2.35. The minimum Gasteiger partial charge on any atom is -0.381 e. The van der Waals surface area contributed by atoms with Crippen molar-refractivity contribution in [1.29, 1.82) is 0 Å². The van der Waals surface area contributed by atoms with Crippen LogP contribution in [0.15, 0.2) is 53.5 Å². The normalized spacial score (nSPS) is 16.4. The first-order valence-corrected chi connectivity index (χ1v) is 9.49.